The maximum Gasteiger partial charge on any atom is 0.197 e. The summed E-state index contributed by atoms with van der Waals surface area (Å²) in [5, 5.41) is 0. The van der Waals surface area contributed by atoms with Crippen molar-refractivity contribution in [3.63, 3.8) is 0 Å². The minimum atomic E-state index is 0.519. The molecule has 5 heteroatoms. The quantitative estimate of drug-likeness (QED) is 0.352. The van der Waals surface area contributed by atoms with Gasteiger partial charge in [0.15, 0.2) is 12.3 Å². The molecular formula is H4N2O2S. The van der Waals surface area contributed by atoms with Gasteiger partial charge in [0.25, 0.3) is 0 Å². The van der Waals surface area contributed by atoms with Crippen molar-refractivity contribution in [3.05, 3.63) is 0 Å². The van der Waals surface area contributed by atoms with Gasteiger partial charge in [0.1, 0.15) is 0 Å². The fraction of sp³-hybridized carbons (Fsp3) is 0. The molecule has 0 atom stereocenters. The van der Waals surface area contributed by atoms with Gasteiger partial charge in [-0.2, -0.15) is 11.8 Å². The van der Waals surface area contributed by atoms with Crippen molar-refractivity contribution in [2.45, 2.75) is 0 Å². The van der Waals surface area contributed by atoms with E-state index >= 15 is 0 Å². The first-order valence-electron chi connectivity index (χ1n) is 0.805. The van der Waals surface area contributed by atoms with E-state index in [9.17, 15) is 0 Å². The first-order chi connectivity index (χ1) is 2.41. The molecule has 4 nitrogen and oxygen atoms in total. The molecule has 5 heavy (non-hydrogen) atoms. The Bertz CT molecular complexity index is 15.1. The minimum absolute atomic E-state index is 0.519. The van der Waals surface area contributed by atoms with Crippen molar-refractivity contribution in [1.29, 1.82) is 0 Å². The highest BCUT2D eigenvalue weighted by Gasteiger charge is 1.68. The molecule has 32 valence electrons. The maximum atomic E-state index is 4.40. The molecule has 0 bridgehead atoms. The Balaban J connectivity index is 2.19. The Hall–Kier alpha value is 0.190. The SMILES string of the molecule is NOSON. The molecule has 0 spiro atoms. The first-order valence-corrected chi connectivity index (χ1v) is 1.47. The van der Waals surface area contributed by atoms with Gasteiger partial charge in [-0.25, -0.2) is 8.57 Å². The number of hydrogen-bond donors (Lipinski definition) is 2. The lowest BCUT2D eigenvalue weighted by Crippen LogP contribution is -1.93. The van der Waals surface area contributed by atoms with Gasteiger partial charge in [-0.1, -0.05) is 0 Å². The smallest absolute Gasteiger partial charge is 0.197 e. The Morgan fingerprint density at radius 3 is 1.60 bits per heavy atom. The molecule has 0 unspecified atom stereocenters. The van der Waals surface area contributed by atoms with Gasteiger partial charge in [-0.3, -0.25) is 0 Å². The van der Waals surface area contributed by atoms with Crippen molar-refractivity contribution in [3.8, 4) is 0 Å². The number of hydrogen-bond acceptors (Lipinski definition) is 5. The fourth-order valence-corrected chi connectivity index (χ4v) is 0.0680. The summed E-state index contributed by atoms with van der Waals surface area (Å²) in [6.07, 6.45) is 0. The van der Waals surface area contributed by atoms with E-state index in [0.29, 0.717) is 12.3 Å². The number of rotatable bonds is 2. The third-order valence-electron chi connectivity index (χ3n) is 0.0786. The van der Waals surface area contributed by atoms with Crippen LogP contribution in [0.2, 0.25) is 0 Å². The van der Waals surface area contributed by atoms with E-state index in [0.717, 1.165) is 0 Å². The minimum Gasteiger partial charge on any atom is -0.204 e. The monoisotopic (exact) mass is 96.0 g/mol. The standard InChI is InChI=1S/H4N2O2S/c1-3-5-4-2/h1-2H2. The van der Waals surface area contributed by atoms with Crippen LogP contribution in [0.25, 0.3) is 0 Å². The molecular weight excluding hydrogens is 92.1 g/mol. The molecule has 0 aromatic rings. The van der Waals surface area contributed by atoms with Crippen molar-refractivity contribution in [2.24, 2.45) is 11.8 Å². The Kier molecular flexibility index (Phi) is 4.35. The molecule has 0 aromatic heterocycles. The highest BCUT2D eigenvalue weighted by molar-refractivity contribution is 7.89. The summed E-state index contributed by atoms with van der Waals surface area (Å²) in [6, 6.07) is 0. The summed E-state index contributed by atoms with van der Waals surface area (Å²) in [7, 11) is 0. The molecule has 0 heterocycles. The Morgan fingerprint density at radius 2 is 1.60 bits per heavy atom. The molecule has 0 amide bonds. The van der Waals surface area contributed by atoms with Crippen LogP contribution in [0.5, 0.6) is 0 Å². The van der Waals surface area contributed by atoms with Crippen LogP contribution >= 0.6 is 12.3 Å². The topological polar surface area (TPSA) is 70.5 Å². The summed E-state index contributed by atoms with van der Waals surface area (Å²) < 4.78 is 7.52. The zero-order chi connectivity index (χ0) is 4.12. The molecule has 0 aliphatic carbocycles. The van der Waals surface area contributed by atoms with Crippen molar-refractivity contribution >= 4 is 12.3 Å². The highest BCUT2D eigenvalue weighted by Crippen LogP contribution is 1.89. The lowest BCUT2D eigenvalue weighted by Gasteiger charge is -1.82. The van der Waals surface area contributed by atoms with E-state index in [2.05, 4.69) is 20.4 Å². The molecule has 0 aliphatic heterocycles. The highest BCUT2D eigenvalue weighted by atomic mass is 32.2. The predicted molar refractivity (Wildman–Crippen MR) is 18.1 cm³/mol. The van der Waals surface area contributed by atoms with Gasteiger partial charge >= 0.3 is 0 Å². The summed E-state index contributed by atoms with van der Waals surface area (Å²) in [5.74, 6) is 8.79. The predicted octanol–water partition coefficient (Wildman–Crippen LogP) is -0.670. The molecule has 0 fully saturated rings. The van der Waals surface area contributed by atoms with Gasteiger partial charge in [0.05, 0.1) is 0 Å². The number of nitrogens with two attached hydrogens (primary N) is 2. The lowest BCUT2D eigenvalue weighted by molar-refractivity contribution is 0.301. The molecule has 0 saturated carbocycles. The van der Waals surface area contributed by atoms with Gasteiger partial charge in [0, 0.05) is 0 Å². The van der Waals surface area contributed by atoms with Gasteiger partial charge in [0.2, 0.25) is 0 Å². The largest absolute Gasteiger partial charge is 0.204 e. The molecule has 0 aromatic carbocycles. The van der Waals surface area contributed by atoms with Crippen LogP contribution < -0.4 is 11.8 Å². The summed E-state index contributed by atoms with van der Waals surface area (Å²) in [5.41, 5.74) is 0. The third-order valence-corrected chi connectivity index (χ3v) is 0.236. The fourth-order valence-electron chi connectivity index (χ4n) is 0.0227. The van der Waals surface area contributed by atoms with Crippen LogP contribution in [0, 0.1) is 0 Å². The maximum absolute atomic E-state index is 4.40. The average Bonchev–Trinajstić information content (AvgIpc) is 1.41. The second kappa shape index (κ2) is 4.19. The van der Waals surface area contributed by atoms with Gasteiger partial charge in [-0.05, 0) is 0 Å². The van der Waals surface area contributed by atoms with E-state index in [1.54, 1.807) is 0 Å². The zero-order valence-electron chi connectivity index (χ0n) is 2.38. The van der Waals surface area contributed by atoms with E-state index in [1.807, 2.05) is 0 Å². The van der Waals surface area contributed by atoms with Crippen LogP contribution in [0.15, 0.2) is 0 Å². The van der Waals surface area contributed by atoms with Crippen LogP contribution in [0.3, 0.4) is 0 Å². The lowest BCUT2D eigenvalue weighted by atomic mass is 13.6. The van der Waals surface area contributed by atoms with Gasteiger partial charge < -0.3 is 0 Å². The molecule has 4 N–H and O–H groups in total. The van der Waals surface area contributed by atoms with Gasteiger partial charge in [-0.15, -0.1) is 0 Å². The summed E-state index contributed by atoms with van der Waals surface area (Å²) >= 11 is 0.519. The van der Waals surface area contributed by atoms with Crippen molar-refractivity contribution < 1.29 is 8.57 Å². The molecule has 0 rings (SSSR count). The van der Waals surface area contributed by atoms with Crippen molar-refractivity contribution in [1.82, 2.24) is 0 Å². The van der Waals surface area contributed by atoms with E-state index in [-0.39, 0.29) is 0 Å². The van der Waals surface area contributed by atoms with E-state index in [1.165, 1.54) is 0 Å². The van der Waals surface area contributed by atoms with E-state index in [4.69, 9.17) is 0 Å². The van der Waals surface area contributed by atoms with Crippen LogP contribution in [0.1, 0.15) is 0 Å². The second-order valence-corrected chi connectivity index (χ2v) is 0.781. The Labute approximate surface area is 33.7 Å². The average molecular weight is 96.1 g/mol. The summed E-state index contributed by atoms with van der Waals surface area (Å²) in [6.45, 7) is 0. The summed E-state index contributed by atoms with van der Waals surface area (Å²) in [4.78, 5) is 0. The Morgan fingerprint density at radius 1 is 1.20 bits per heavy atom. The van der Waals surface area contributed by atoms with E-state index < -0.39 is 0 Å². The van der Waals surface area contributed by atoms with Crippen molar-refractivity contribution in [2.75, 3.05) is 0 Å². The second-order valence-electron chi connectivity index (χ2n) is 0.260. The third kappa shape index (κ3) is 4.19. The molecule has 0 radical (unpaired) electrons. The van der Waals surface area contributed by atoms with Crippen LogP contribution in [-0.4, -0.2) is 0 Å². The normalized spacial score (nSPS) is 8.40. The molecule has 0 aliphatic rings. The first kappa shape index (κ1) is 5.19. The van der Waals surface area contributed by atoms with Crippen LogP contribution in [-0.2, 0) is 8.57 Å². The zero-order valence-corrected chi connectivity index (χ0v) is 3.20. The molecule has 0 saturated heterocycles. The van der Waals surface area contributed by atoms with Crippen LogP contribution in [0.4, 0.5) is 0 Å².